The quantitative estimate of drug-likeness (QED) is 0.759. The van der Waals surface area contributed by atoms with Crippen LogP contribution in [0.25, 0.3) is 0 Å². The molecule has 0 aromatic carbocycles. The number of nitrogens with zero attached hydrogens (tertiary/aromatic N) is 2. The van der Waals surface area contributed by atoms with E-state index in [9.17, 15) is 0 Å². The van der Waals surface area contributed by atoms with Gasteiger partial charge in [-0.1, -0.05) is 34.6 Å². The minimum atomic E-state index is 0.158. The molecule has 0 saturated carbocycles. The van der Waals surface area contributed by atoms with Gasteiger partial charge in [0.2, 0.25) is 0 Å². The van der Waals surface area contributed by atoms with E-state index in [0.29, 0.717) is 5.92 Å². The molecule has 0 bridgehead atoms. The predicted octanol–water partition coefficient (Wildman–Crippen LogP) is 5.20. The lowest BCUT2D eigenvalue weighted by atomic mass is 9.93. The monoisotopic (exact) mass is 308 g/mol. The highest BCUT2D eigenvalue weighted by molar-refractivity contribution is 7.09. The van der Waals surface area contributed by atoms with Gasteiger partial charge in [-0.25, -0.2) is 9.97 Å². The normalized spacial score (nSPS) is 13.7. The van der Waals surface area contributed by atoms with E-state index in [-0.39, 0.29) is 5.41 Å². The molecule has 0 aliphatic rings. The summed E-state index contributed by atoms with van der Waals surface area (Å²) in [6.07, 6.45) is 3.23. The van der Waals surface area contributed by atoms with Crippen molar-refractivity contribution in [3.63, 3.8) is 0 Å². The highest BCUT2D eigenvalue weighted by atomic mass is 32.1. The summed E-state index contributed by atoms with van der Waals surface area (Å²) in [6, 6.07) is 0. The van der Waals surface area contributed by atoms with Crippen molar-refractivity contribution in [3.05, 3.63) is 32.2 Å². The first kappa shape index (κ1) is 15.6. The zero-order valence-electron chi connectivity index (χ0n) is 13.1. The van der Waals surface area contributed by atoms with Crippen LogP contribution in [0.4, 0.5) is 0 Å². The Morgan fingerprint density at radius 3 is 2.35 bits per heavy atom. The maximum absolute atomic E-state index is 4.77. The van der Waals surface area contributed by atoms with Crippen molar-refractivity contribution >= 4 is 22.7 Å². The number of aryl methyl sites for hydroxylation is 2. The second-order valence-corrected chi connectivity index (χ2v) is 8.22. The molecule has 0 aliphatic carbocycles. The Kier molecular flexibility index (Phi) is 4.97. The molecule has 110 valence electrons. The molecule has 0 spiro atoms. The van der Waals surface area contributed by atoms with E-state index in [4.69, 9.17) is 4.98 Å². The molecule has 2 nitrogen and oxygen atoms in total. The molecule has 20 heavy (non-hydrogen) atoms. The Balaban J connectivity index is 1.93. The highest BCUT2D eigenvalue weighted by Crippen LogP contribution is 2.27. The molecule has 2 aromatic rings. The van der Waals surface area contributed by atoms with E-state index in [1.54, 1.807) is 22.7 Å². The number of thiazole rings is 2. The minimum absolute atomic E-state index is 0.158. The molecule has 0 radical (unpaired) electrons. The van der Waals surface area contributed by atoms with E-state index in [1.807, 2.05) is 0 Å². The van der Waals surface area contributed by atoms with Gasteiger partial charge >= 0.3 is 0 Å². The summed E-state index contributed by atoms with van der Waals surface area (Å²) in [5.41, 5.74) is 2.62. The topological polar surface area (TPSA) is 25.8 Å². The van der Waals surface area contributed by atoms with Crippen molar-refractivity contribution in [2.75, 3.05) is 0 Å². The van der Waals surface area contributed by atoms with Crippen molar-refractivity contribution in [1.29, 1.82) is 0 Å². The SMILES string of the molecule is CCc1nc(C(C)CCc2nc(C(C)(C)C)cs2)cs1. The Bertz CT molecular complexity index is 549. The first-order chi connectivity index (χ1) is 9.40. The van der Waals surface area contributed by atoms with E-state index in [2.05, 4.69) is 50.4 Å². The maximum atomic E-state index is 4.77. The van der Waals surface area contributed by atoms with Gasteiger partial charge in [0.25, 0.3) is 0 Å². The zero-order chi connectivity index (χ0) is 14.8. The smallest absolute Gasteiger partial charge is 0.0928 e. The molecule has 0 saturated heterocycles. The molecular weight excluding hydrogens is 284 g/mol. The lowest BCUT2D eigenvalue weighted by Crippen LogP contribution is -2.11. The Labute approximate surface area is 130 Å². The average Bonchev–Trinajstić information content (AvgIpc) is 3.04. The predicted molar refractivity (Wildman–Crippen MR) is 89.0 cm³/mol. The molecule has 0 N–H and O–H groups in total. The maximum Gasteiger partial charge on any atom is 0.0928 e. The van der Waals surface area contributed by atoms with Crippen LogP contribution in [-0.2, 0) is 18.3 Å². The fourth-order valence-corrected chi connectivity index (χ4v) is 3.88. The summed E-state index contributed by atoms with van der Waals surface area (Å²) in [6.45, 7) is 11.1. The molecular formula is C16H24N2S2. The molecule has 0 aliphatic heterocycles. The van der Waals surface area contributed by atoms with Gasteiger partial charge in [0.1, 0.15) is 0 Å². The fraction of sp³-hybridized carbons (Fsp3) is 0.625. The van der Waals surface area contributed by atoms with Gasteiger partial charge in [-0.2, -0.15) is 0 Å². The van der Waals surface area contributed by atoms with E-state index in [1.165, 1.54) is 21.4 Å². The van der Waals surface area contributed by atoms with Crippen LogP contribution in [0.1, 0.15) is 68.4 Å². The highest BCUT2D eigenvalue weighted by Gasteiger charge is 2.18. The fourth-order valence-electron chi connectivity index (χ4n) is 1.97. The molecule has 0 amide bonds. The summed E-state index contributed by atoms with van der Waals surface area (Å²) < 4.78 is 0. The van der Waals surface area contributed by atoms with Crippen molar-refractivity contribution < 1.29 is 0 Å². The van der Waals surface area contributed by atoms with Gasteiger partial charge in [0.15, 0.2) is 0 Å². The van der Waals surface area contributed by atoms with Crippen LogP contribution in [0.2, 0.25) is 0 Å². The number of hydrogen-bond donors (Lipinski definition) is 0. The van der Waals surface area contributed by atoms with Gasteiger partial charge in [-0.05, 0) is 25.2 Å². The van der Waals surface area contributed by atoms with Crippen molar-refractivity contribution in [2.45, 2.75) is 65.2 Å². The molecule has 4 heteroatoms. The van der Waals surface area contributed by atoms with Crippen LogP contribution in [-0.4, -0.2) is 9.97 Å². The van der Waals surface area contributed by atoms with Crippen LogP contribution in [0.5, 0.6) is 0 Å². The number of hydrogen-bond acceptors (Lipinski definition) is 4. The molecule has 2 rings (SSSR count). The molecule has 2 heterocycles. The number of rotatable bonds is 5. The zero-order valence-corrected chi connectivity index (χ0v) is 14.7. The Hall–Kier alpha value is -0.740. The minimum Gasteiger partial charge on any atom is -0.246 e. The summed E-state index contributed by atoms with van der Waals surface area (Å²) in [5.74, 6) is 0.522. The number of aromatic nitrogens is 2. The lowest BCUT2D eigenvalue weighted by molar-refractivity contribution is 0.568. The van der Waals surface area contributed by atoms with Gasteiger partial charge in [0, 0.05) is 16.2 Å². The van der Waals surface area contributed by atoms with E-state index < -0.39 is 0 Å². The summed E-state index contributed by atoms with van der Waals surface area (Å²) in [7, 11) is 0. The third kappa shape index (κ3) is 3.89. The summed E-state index contributed by atoms with van der Waals surface area (Å²) >= 11 is 3.58. The van der Waals surface area contributed by atoms with Gasteiger partial charge in [-0.3, -0.25) is 0 Å². The van der Waals surface area contributed by atoms with E-state index >= 15 is 0 Å². The molecule has 1 atom stereocenters. The van der Waals surface area contributed by atoms with Crippen LogP contribution < -0.4 is 0 Å². The Morgan fingerprint density at radius 1 is 1.10 bits per heavy atom. The summed E-state index contributed by atoms with van der Waals surface area (Å²) in [5, 5.41) is 6.92. The van der Waals surface area contributed by atoms with Gasteiger partial charge < -0.3 is 0 Å². The van der Waals surface area contributed by atoms with Gasteiger partial charge in [0.05, 0.1) is 21.4 Å². The summed E-state index contributed by atoms with van der Waals surface area (Å²) in [4.78, 5) is 9.46. The molecule has 2 aromatic heterocycles. The van der Waals surface area contributed by atoms with Crippen LogP contribution in [0.3, 0.4) is 0 Å². The third-order valence-electron chi connectivity index (χ3n) is 3.49. The van der Waals surface area contributed by atoms with Gasteiger partial charge in [-0.15, -0.1) is 22.7 Å². The van der Waals surface area contributed by atoms with Crippen LogP contribution >= 0.6 is 22.7 Å². The Morgan fingerprint density at radius 2 is 1.80 bits per heavy atom. The average molecular weight is 309 g/mol. The standard InChI is InChI=1S/C16H24N2S2/c1-6-14-17-12(9-19-14)11(2)7-8-15-18-13(10-20-15)16(3,4)5/h9-11H,6-8H2,1-5H3. The first-order valence-corrected chi connectivity index (χ1v) is 9.05. The second kappa shape index (κ2) is 6.35. The molecule has 0 fully saturated rings. The van der Waals surface area contributed by atoms with Crippen LogP contribution in [0, 0.1) is 0 Å². The van der Waals surface area contributed by atoms with Crippen molar-refractivity contribution in [1.82, 2.24) is 9.97 Å². The lowest BCUT2D eigenvalue weighted by Gasteiger charge is -2.14. The third-order valence-corrected chi connectivity index (χ3v) is 5.41. The first-order valence-electron chi connectivity index (χ1n) is 7.29. The molecule has 1 unspecified atom stereocenters. The second-order valence-electron chi connectivity index (χ2n) is 6.34. The largest absolute Gasteiger partial charge is 0.246 e. The van der Waals surface area contributed by atoms with Crippen LogP contribution in [0.15, 0.2) is 10.8 Å². The van der Waals surface area contributed by atoms with Crippen molar-refractivity contribution in [3.8, 4) is 0 Å². The van der Waals surface area contributed by atoms with E-state index in [0.717, 1.165) is 19.3 Å². The van der Waals surface area contributed by atoms with Crippen molar-refractivity contribution in [2.24, 2.45) is 0 Å².